The molecule has 2 atom stereocenters. The van der Waals surface area contributed by atoms with E-state index >= 15 is 0 Å². The normalized spacial score (nSPS) is 19.6. The Bertz CT molecular complexity index is 942. The van der Waals surface area contributed by atoms with Gasteiger partial charge in [0.2, 0.25) is 5.28 Å². The van der Waals surface area contributed by atoms with Gasteiger partial charge in [-0.2, -0.15) is 15.1 Å². The fourth-order valence-electron chi connectivity index (χ4n) is 3.12. The Morgan fingerprint density at radius 3 is 2.86 bits per heavy atom. The van der Waals surface area contributed by atoms with E-state index in [2.05, 4.69) is 20.4 Å². The number of fused-ring (bicyclic) bond motifs is 1. The number of benzene rings is 1. The number of hydrogen-bond donors (Lipinski definition) is 3. The summed E-state index contributed by atoms with van der Waals surface area (Å²) in [6.07, 6.45) is 2.68. The summed E-state index contributed by atoms with van der Waals surface area (Å²) in [5, 5.41) is 8.53. The number of hydrogen-bond acceptors (Lipinski definition) is 8. The van der Waals surface area contributed by atoms with Crippen LogP contribution >= 0.6 is 20.0 Å². The molecule has 3 N–H and O–H groups in total. The molecular formula is C17H19ClN5O4P. The Kier molecular flexibility index (Phi) is 6.01. The van der Waals surface area contributed by atoms with Crippen LogP contribution in [0.4, 0.5) is 11.5 Å². The predicted octanol–water partition coefficient (Wildman–Crippen LogP) is 3.17. The summed E-state index contributed by atoms with van der Waals surface area (Å²) in [5.74, 6) is 0.574. The van der Waals surface area contributed by atoms with Crippen molar-refractivity contribution in [3.8, 4) is 0 Å². The lowest BCUT2D eigenvalue weighted by atomic mass is 10.2. The minimum absolute atomic E-state index is 0.0814. The molecule has 1 fully saturated rings. The van der Waals surface area contributed by atoms with E-state index in [-0.39, 0.29) is 24.0 Å². The molecule has 0 bridgehead atoms. The molecule has 2 unspecified atom stereocenters. The highest BCUT2D eigenvalue weighted by Crippen LogP contribution is 2.33. The number of nitrogens with zero attached hydrogens (tertiary/aromatic N) is 4. The molecule has 28 heavy (non-hydrogen) atoms. The lowest BCUT2D eigenvalue weighted by Crippen LogP contribution is -2.17. The lowest BCUT2D eigenvalue weighted by molar-refractivity contribution is -0.0384. The molecule has 0 spiro atoms. The van der Waals surface area contributed by atoms with Crippen molar-refractivity contribution in [1.29, 1.82) is 0 Å². The summed E-state index contributed by atoms with van der Waals surface area (Å²) in [4.78, 5) is 26.4. The first-order valence-electron chi connectivity index (χ1n) is 8.71. The van der Waals surface area contributed by atoms with Gasteiger partial charge in [0.1, 0.15) is 12.2 Å². The third-order valence-electron chi connectivity index (χ3n) is 4.33. The van der Waals surface area contributed by atoms with Crippen molar-refractivity contribution in [2.24, 2.45) is 0 Å². The van der Waals surface area contributed by atoms with Crippen LogP contribution in [0.3, 0.4) is 0 Å². The van der Waals surface area contributed by atoms with Crippen LogP contribution in [0, 0.1) is 0 Å². The first-order valence-corrected chi connectivity index (χ1v) is 10.5. The Morgan fingerprint density at radius 2 is 2.07 bits per heavy atom. The molecule has 0 amide bonds. The molecule has 0 radical (unpaired) electrons. The van der Waals surface area contributed by atoms with Gasteiger partial charge in [-0.25, -0.2) is 4.68 Å². The first kappa shape index (κ1) is 19.4. The molecule has 3 heterocycles. The van der Waals surface area contributed by atoms with E-state index in [1.807, 2.05) is 30.3 Å². The smallest absolute Gasteiger partial charge is 0.226 e. The Balaban J connectivity index is 1.53. The number of rotatable bonds is 7. The quantitative estimate of drug-likeness (QED) is 0.392. The van der Waals surface area contributed by atoms with Crippen LogP contribution in [0.25, 0.3) is 11.0 Å². The van der Waals surface area contributed by atoms with E-state index in [0.29, 0.717) is 18.1 Å². The van der Waals surface area contributed by atoms with Gasteiger partial charge in [-0.3, -0.25) is 0 Å². The van der Waals surface area contributed by atoms with E-state index in [9.17, 15) is 0 Å². The number of aromatic nitrogens is 4. The van der Waals surface area contributed by atoms with Crippen molar-refractivity contribution in [3.05, 3.63) is 41.8 Å². The maximum Gasteiger partial charge on any atom is 0.226 e. The van der Waals surface area contributed by atoms with Gasteiger partial charge < -0.3 is 24.6 Å². The second kappa shape index (κ2) is 8.65. The zero-order valence-corrected chi connectivity index (χ0v) is 16.4. The fourth-order valence-corrected chi connectivity index (χ4v) is 3.55. The van der Waals surface area contributed by atoms with Crippen LogP contribution in [0.15, 0.2) is 36.5 Å². The monoisotopic (exact) mass is 423 g/mol. The molecule has 9 nitrogen and oxygen atoms in total. The number of anilines is 2. The molecule has 1 aliphatic rings. The van der Waals surface area contributed by atoms with Crippen LogP contribution in [-0.4, -0.2) is 48.6 Å². The molecule has 1 aromatic carbocycles. The maximum absolute atomic E-state index is 8.91. The average Bonchev–Trinajstić information content (AvgIpc) is 3.29. The Morgan fingerprint density at radius 1 is 1.25 bits per heavy atom. The van der Waals surface area contributed by atoms with E-state index in [1.54, 1.807) is 10.9 Å². The topological polar surface area (TPSA) is 115 Å². The summed E-state index contributed by atoms with van der Waals surface area (Å²) in [6.45, 7) is 0.298. The molecule has 0 aliphatic carbocycles. The van der Waals surface area contributed by atoms with Gasteiger partial charge in [0.05, 0.1) is 24.3 Å². The average molecular weight is 424 g/mol. The summed E-state index contributed by atoms with van der Waals surface area (Å²) in [6, 6.07) is 9.66. The van der Waals surface area contributed by atoms with Crippen molar-refractivity contribution in [2.45, 2.75) is 25.2 Å². The standard InChI is InChI=1S/C17H19ClN5O4P/c18-17-21-15(20-11-4-2-1-3-5-11)13-8-19-23(16(13)22-17)14-7-6-12(27-14)9-26-10-28(24)25/h1-5,8,12,14,24-25H,6-7,9-10H2,(H,20,21,22). The number of ether oxygens (including phenoxy) is 2. The second-order valence-corrected chi connectivity index (χ2v) is 7.66. The number of nitrogens with one attached hydrogen (secondary N) is 1. The molecule has 11 heteroatoms. The maximum atomic E-state index is 8.91. The van der Waals surface area contributed by atoms with Gasteiger partial charge in [0.15, 0.2) is 20.3 Å². The molecule has 3 aromatic rings. The van der Waals surface area contributed by atoms with Crippen molar-refractivity contribution >= 4 is 42.5 Å². The van der Waals surface area contributed by atoms with Crippen molar-refractivity contribution in [1.82, 2.24) is 19.7 Å². The summed E-state index contributed by atoms with van der Waals surface area (Å²) in [5.41, 5.74) is 1.47. The first-order chi connectivity index (χ1) is 13.6. The number of para-hydroxylation sites is 1. The summed E-state index contributed by atoms with van der Waals surface area (Å²) in [7, 11) is -2.05. The number of halogens is 1. The molecule has 1 aliphatic heterocycles. The highest BCUT2D eigenvalue weighted by atomic mass is 35.5. The molecule has 1 saturated heterocycles. The van der Waals surface area contributed by atoms with Gasteiger partial charge in [-0.1, -0.05) is 18.2 Å². The van der Waals surface area contributed by atoms with Crippen LogP contribution < -0.4 is 5.32 Å². The van der Waals surface area contributed by atoms with E-state index in [4.69, 9.17) is 30.9 Å². The zero-order valence-electron chi connectivity index (χ0n) is 14.8. The third kappa shape index (κ3) is 4.41. The van der Waals surface area contributed by atoms with E-state index < -0.39 is 8.38 Å². The van der Waals surface area contributed by atoms with Crippen LogP contribution in [0.2, 0.25) is 5.28 Å². The van der Waals surface area contributed by atoms with Crippen molar-refractivity contribution < 1.29 is 19.3 Å². The Hall–Kier alpha value is -1.87. The zero-order chi connectivity index (χ0) is 19.5. The van der Waals surface area contributed by atoms with Crippen molar-refractivity contribution in [2.75, 3.05) is 18.3 Å². The van der Waals surface area contributed by atoms with Gasteiger partial charge in [-0.15, -0.1) is 0 Å². The molecule has 148 valence electrons. The molecular weight excluding hydrogens is 405 g/mol. The van der Waals surface area contributed by atoms with Crippen LogP contribution in [-0.2, 0) is 9.47 Å². The van der Waals surface area contributed by atoms with Gasteiger partial charge >= 0.3 is 0 Å². The van der Waals surface area contributed by atoms with Gasteiger partial charge in [0, 0.05) is 5.69 Å². The molecule has 0 saturated carbocycles. The van der Waals surface area contributed by atoms with Gasteiger partial charge in [-0.05, 0) is 36.6 Å². The van der Waals surface area contributed by atoms with Gasteiger partial charge in [0.25, 0.3) is 0 Å². The third-order valence-corrected chi connectivity index (χ3v) is 4.91. The second-order valence-electron chi connectivity index (χ2n) is 6.32. The minimum Gasteiger partial charge on any atom is -0.369 e. The lowest BCUT2D eigenvalue weighted by Gasteiger charge is -2.15. The largest absolute Gasteiger partial charge is 0.369 e. The SMILES string of the molecule is OP(O)COCC1CCC(n2ncc3c(Nc4ccccc4)nc(Cl)nc32)O1. The summed E-state index contributed by atoms with van der Waals surface area (Å²) >= 11 is 6.14. The van der Waals surface area contributed by atoms with Crippen molar-refractivity contribution in [3.63, 3.8) is 0 Å². The highest BCUT2D eigenvalue weighted by Gasteiger charge is 2.29. The van der Waals surface area contributed by atoms with Crippen LogP contribution in [0.1, 0.15) is 19.1 Å². The highest BCUT2D eigenvalue weighted by molar-refractivity contribution is 7.44. The minimum atomic E-state index is -2.05. The van der Waals surface area contributed by atoms with Crippen LogP contribution in [0.5, 0.6) is 0 Å². The molecule has 2 aromatic heterocycles. The predicted molar refractivity (Wildman–Crippen MR) is 105 cm³/mol. The fraction of sp³-hybridized carbons (Fsp3) is 0.353. The Labute approximate surface area is 167 Å². The van der Waals surface area contributed by atoms with E-state index in [0.717, 1.165) is 23.9 Å². The van der Waals surface area contributed by atoms with E-state index in [1.165, 1.54) is 0 Å². The summed E-state index contributed by atoms with van der Waals surface area (Å²) < 4.78 is 12.9. The molecule has 4 rings (SSSR count).